The summed E-state index contributed by atoms with van der Waals surface area (Å²) in [4.78, 5) is 25.5. The highest BCUT2D eigenvalue weighted by Crippen LogP contribution is 2.27. The van der Waals surface area contributed by atoms with Crippen LogP contribution in [0.3, 0.4) is 0 Å². The minimum Gasteiger partial charge on any atom is -0.398 e. The minimum absolute atomic E-state index is 0.00630. The predicted octanol–water partition coefficient (Wildman–Crippen LogP) is 2.99. The van der Waals surface area contributed by atoms with Crippen LogP contribution in [0.4, 0.5) is 11.4 Å². The molecule has 1 saturated carbocycles. The van der Waals surface area contributed by atoms with Gasteiger partial charge in [0.1, 0.15) is 6.17 Å². The minimum atomic E-state index is -0.736. The molecule has 7 heteroatoms. The first kappa shape index (κ1) is 22.8. The molecule has 0 bridgehead atoms. The zero-order valence-corrected chi connectivity index (χ0v) is 17.8. The van der Waals surface area contributed by atoms with Crippen LogP contribution in [-0.2, 0) is 9.59 Å². The van der Waals surface area contributed by atoms with Crippen LogP contribution in [0, 0.1) is 5.92 Å². The van der Waals surface area contributed by atoms with E-state index in [1.807, 2.05) is 30.3 Å². The number of carbonyl (C=O) groups is 2. The SMILES string of the molecule is NCCC(C(=O)Nc1ccc(N)c(C(N)NC(=O)C2CCCCC2)c1)c1ccccc1. The largest absolute Gasteiger partial charge is 0.398 e. The molecule has 8 N–H and O–H groups in total. The van der Waals surface area contributed by atoms with E-state index < -0.39 is 6.17 Å². The Morgan fingerprint density at radius 2 is 1.74 bits per heavy atom. The number of hydrogen-bond donors (Lipinski definition) is 5. The Balaban J connectivity index is 1.70. The average Bonchev–Trinajstić information content (AvgIpc) is 2.79. The van der Waals surface area contributed by atoms with Gasteiger partial charge in [0.2, 0.25) is 11.8 Å². The summed E-state index contributed by atoms with van der Waals surface area (Å²) in [6.45, 7) is 0.401. The first-order valence-corrected chi connectivity index (χ1v) is 11.0. The lowest BCUT2D eigenvalue weighted by Crippen LogP contribution is -2.39. The summed E-state index contributed by atoms with van der Waals surface area (Å²) in [5.74, 6) is -0.529. The summed E-state index contributed by atoms with van der Waals surface area (Å²) < 4.78 is 0. The number of benzene rings is 2. The second-order valence-corrected chi connectivity index (χ2v) is 8.19. The van der Waals surface area contributed by atoms with E-state index in [9.17, 15) is 9.59 Å². The fourth-order valence-corrected chi connectivity index (χ4v) is 4.17. The van der Waals surface area contributed by atoms with Crippen molar-refractivity contribution in [3.8, 4) is 0 Å². The zero-order valence-electron chi connectivity index (χ0n) is 17.8. The lowest BCUT2D eigenvalue weighted by molar-refractivity contribution is -0.126. The molecule has 0 radical (unpaired) electrons. The number of nitrogens with one attached hydrogen (secondary N) is 2. The third kappa shape index (κ3) is 6.06. The summed E-state index contributed by atoms with van der Waals surface area (Å²) >= 11 is 0. The van der Waals surface area contributed by atoms with Crippen LogP contribution in [0.15, 0.2) is 48.5 Å². The predicted molar refractivity (Wildman–Crippen MR) is 124 cm³/mol. The molecule has 1 fully saturated rings. The molecule has 2 aromatic carbocycles. The van der Waals surface area contributed by atoms with E-state index in [1.165, 1.54) is 6.42 Å². The van der Waals surface area contributed by atoms with Gasteiger partial charge in [0.05, 0.1) is 5.92 Å². The highest BCUT2D eigenvalue weighted by molar-refractivity contribution is 5.96. The van der Waals surface area contributed by atoms with Crippen molar-refractivity contribution in [1.82, 2.24) is 5.32 Å². The molecule has 1 aliphatic carbocycles. The fourth-order valence-electron chi connectivity index (χ4n) is 4.17. The number of anilines is 2. The summed E-state index contributed by atoms with van der Waals surface area (Å²) in [6, 6.07) is 14.7. The van der Waals surface area contributed by atoms with Crippen molar-refractivity contribution in [3.63, 3.8) is 0 Å². The average molecular weight is 424 g/mol. The molecule has 2 aromatic rings. The van der Waals surface area contributed by atoms with Crippen molar-refractivity contribution in [2.75, 3.05) is 17.6 Å². The van der Waals surface area contributed by atoms with Crippen molar-refractivity contribution >= 4 is 23.2 Å². The molecule has 1 aliphatic rings. The maximum Gasteiger partial charge on any atom is 0.231 e. The quantitative estimate of drug-likeness (QED) is 0.328. The highest BCUT2D eigenvalue weighted by atomic mass is 16.2. The molecule has 0 spiro atoms. The zero-order chi connectivity index (χ0) is 22.2. The number of carbonyl (C=O) groups excluding carboxylic acids is 2. The van der Waals surface area contributed by atoms with Crippen LogP contribution in [0.1, 0.15) is 61.7 Å². The van der Waals surface area contributed by atoms with Crippen LogP contribution < -0.4 is 27.8 Å². The number of amides is 2. The van der Waals surface area contributed by atoms with Gasteiger partial charge in [-0.1, -0.05) is 49.6 Å². The Kier molecular flexibility index (Phi) is 8.03. The Morgan fingerprint density at radius 1 is 1.03 bits per heavy atom. The summed E-state index contributed by atoms with van der Waals surface area (Å²) in [5.41, 5.74) is 20.7. The second kappa shape index (κ2) is 10.9. The van der Waals surface area contributed by atoms with E-state index in [-0.39, 0.29) is 23.7 Å². The van der Waals surface area contributed by atoms with E-state index in [2.05, 4.69) is 10.6 Å². The van der Waals surface area contributed by atoms with Crippen LogP contribution in [0.25, 0.3) is 0 Å². The van der Waals surface area contributed by atoms with Crippen LogP contribution in [0.2, 0.25) is 0 Å². The van der Waals surface area contributed by atoms with Gasteiger partial charge in [0.25, 0.3) is 0 Å². The Bertz CT molecular complexity index is 881. The van der Waals surface area contributed by atoms with Gasteiger partial charge < -0.3 is 27.8 Å². The first-order chi connectivity index (χ1) is 15.0. The number of hydrogen-bond acceptors (Lipinski definition) is 5. The van der Waals surface area contributed by atoms with Crippen molar-refractivity contribution in [2.24, 2.45) is 17.4 Å². The smallest absolute Gasteiger partial charge is 0.231 e. The van der Waals surface area contributed by atoms with Crippen LogP contribution >= 0.6 is 0 Å². The molecule has 166 valence electrons. The monoisotopic (exact) mass is 423 g/mol. The molecule has 3 rings (SSSR count). The third-order valence-electron chi connectivity index (χ3n) is 5.94. The van der Waals surface area contributed by atoms with Crippen molar-refractivity contribution in [3.05, 3.63) is 59.7 Å². The van der Waals surface area contributed by atoms with Gasteiger partial charge in [-0.25, -0.2) is 0 Å². The molecule has 2 atom stereocenters. The van der Waals surface area contributed by atoms with Gasteiger partial charge in [0.15, 0.2) is 0 Å². The van der Waals surface area contributed by atoms with E-state index in [0.29, 0.717) is 29.9 Å². The molecule has 0 saturated heterocycles. The molecule has 0 heterocycles. The molecule has 2 amide bonds. The Labute approximate surface area is 183 Å². The van der Waals surface area contributed by atoms with Gasteiger partial charge in [-0.15, -0.1) is 0 Å². The van der Waals surface area contributed by atoms with E-state index in [1.54, 1.807) is 18.2 Å². The fraction of sp³-hybridized carbons (Fsp3) is 0.417. The molecular weight excluding hydrogens is 390 g/mol. The number of nitrogen functional groups attached to an aromatic ring is 1. The molecule has 7 nitrogen and oxygen atoms in total. The van der Waals surface area contributed by atoms with Crippen molar-refractivity contribution in [1.29, 1.82) is 0 Å². The maximum absolute atomic E-state index is 13.0. The molecule has 0 aromatic heterocycles. The number of rotatable bonds is 8. The van der Waals surface area contributed by atoms with Gasteiger partial charge in [-0.05, 0) is 49.6 Å². The standard InChI is InChI=1S/C24H33N5O2/c25-14-13-19(16-7-3-1-4-8-16)24(31)28-18-11-12-21(26)20(15-18)22(27)29-23(30)17-9-5-2-6-10-17/h1,3-4,7-8,11-12,15,17,19,22H,2,5-6,9-10,13-14,25-27H2,(H,28,31)(H,29,30). The lowest BCUT2D eigenvalue weighted by atomic mass is 9.88. The topological polar surface area (TPSA) is 136 Å². The van der Waals surface area contributed by atoms with Crippen molar-refractivity contribution in [2.45, 2.75) is 50.6 Å². The highest BCUT2D eigenvalue weighted by Gasteiger charge is 2.24. The normalized spacial score (nSPS) is 16.3. The molecular formula is C24H33N5O2. The summed E-state index contributed by atoms with van der Waals surface area (Å²) in [5, 5.41) is 5.83. The Hall–Kier alpha value is -2.90. The first-order valence-electron chi connectivity index (χ1n) is 11.0. The molecule has 0 aliphatic heterocycles. The van der Waals surface area contributed by atoms with E-state index in [0.717, 1.165) is 31.2 Å². The number of nitrogens with two attached hydrogens (primary N) is 3. The van der Waals surface area contributed by atoms with Gasteiger partial charge in [0, 0.05) is 22.9 Å². The van der Waals surface area contributed by atoms with Crippen molar-refractivity contribution < 1.29 is 9.59 Å². The second-order valence-electron chi connectivity index (χ2n) is 8.19. The summed E-state index contributed by atoms with van der Waals surface area (Å²) in [6.07, 6.45) is 4.91. The third-order valence-corrected chi connectivity index (χ3v) is 5.94. The van der Waals surface area contributed by atoms with Gasteiger partial charge >= 0.3 is 0 Å². The molecule has 2 unspecified atom stereocenters. The van der Waals surface area contributed by atoms with E-state index in [4.69, 9.17) is 17.2 Å². The summed E-state index contributed by atoms with van der Waals surface area (Å²) in [7, 11) is 0. The van der Waals surface area contributed by atoms with Crippen LogP contribution in [-0.4, -0.2) is 18.4 Å². The van der Waals surface area contributed by atoms with Gasteiger partial charge in [-0.2, -0.15) is 0 Å². The van der Waals surface area contributed by atoms with E-state index >= 15 is 0 Å². The van der Waals surface area contributed by atoms with Crippen LogP contribution in [0.5, 0.6) is 0 Å². The Morgan fingerprint density at radius 3 is 2.42 bits per heavy atom. The maximum atomic E-state index is 13.0. The lowest BCUT2D eigenvalue weighted by Gasteiger charge is -2.24. The van der Waals surface area contributed by atoms with Gasteiger partial charge in [-0.3, -0.25) is 9.59 Å². The molecule has 31 heavy (non-hydrogen) atoms.